The van der Waals surface area contributed by atoms with E-state index >= 15 is 0 Å². The number of urea groups is 1. The molecule has 0 saturated carbocycles. The summed E-state index contributed by atoms with van der Waals surface area (Å²) < 4.78 is 1.11. The average Bonchev–Trinajstić information content (AvgIpc) is 3.11. The maximum atomic E-state index is 12.8. The van der Waals surface area contributed by atoms with Crippen molar-refractivity contribution in [2.24, 2.45) is 0 Å². The van der Waals surface area contributed by atoms with Gasteiger partial charge < -0.3 is 0 Å². The molecule has 1 aromatic heterocycles. The Bertz CT molecular complexity index is 886. The van der Waals surface area contributed by atoms with Crippen molar-refractivity contribution in [3.63, 3.8) is 0 Å². The molecule has 0 saturated heterocycles. The molecular weight excluding hydrogens is 469 g/mol. The van der Waals surface area contributed by atoms with Crippen molar-refractivity contribution >= 4 is 51.8 Å². The van der Waals surface area contributed by atoms with Crippen molar-refractivity contribution < 1.29 is 4.79 Å². The number of aryl methyl sites for hydroxylation is 1. The van der Waals surface area contributed by atoms with Crippen molar-refractivity contribution in [3.8, 4) is 0 Å². The second-order valence-corrected chi connectivity index (χ2v) is 10.7. The van der Waals surface area contributed by atoms with Crippen molar-refractivity contribution in [1.82, 2.24) is 10.2 Å². The van der Waals surface area contributed by atoms with Crippen LogP contribution in [-0.2, 0) is 12.8 Å². The Kier molecular flexibility index (Phi) is 9.17. The van der Waals surface area contributed by atoms with Gasteiger partial charge in [0, 0.05) is 0 Å². The van der Waals surface area contributed by atoms with Crippen LogP contribution >= 0.6 is 27.3 Å². The van der Waals surface area contributed by atoms with E-state index in [1.807, 2.05) is 5.97 Å². The van der Waals surface area contributed by atoms with E-state index in [2.05, 4.69) is 59.7 Å². The van der Waals surface area contributed by atoms with Gasteiger partial charge in [0.2, 0.25) is 0 Å². The number of likely N-dealkylation sites (N-methyl/N-ethyl adjacent to an activating group) is 1. The number of nitrogens with one attached hydrogen (secondary N) is 2. The summed E-state index contributed by atoms with van der Waals surface area (Å²) in [4.78, 5) is 16.7. The predicted molar refractivity (Wildman–Crippen MR) is 141 cm³/mol. The summed E-state index contributed by atoms with van der Waals surface area (Å²) in [6.07, 6.45) is 7.97. The van der Waals surface area contributed by atoms with E-state index in [4.69, 9.17) is 0 Å². The molecule has 0 fully saturated rings. The summed E-state index contributed by atoms with van der Waals surface area (Å²) in [5, 5.41) is 7.15. The maximum absolute atomic E-state index is 12.8. The van der Waals surface area contributed by atoms with Gasteiger partial charge in [0.05, 0.1) is 0 Å². The van der Waals surface area contributed by atoms with Gasteiger partial charge in [-0.3, -0.25) is 0 Å². The number of hydrogen-bond donors (Lipinski definition) is 2. The Morgan fingerprint density at radius 1 is 1.26 bits per heavy atom. The third-order valence-electron chi connectivity index (χ3n) is 6.37. The minimum atomic E-state index is -0.142. The molecule has 0 atom stereocenters. The molecule has 1 aromatic rings. The SMILES string of the molecule is B=Cc1c(NC(=O)NC/C(C2=C(CCC)CN(CC)CC2)=C(/C)Br)sc2c1CCCC2. The molecule has 1 aliphatic carbocycles. The fraction of sp³-hybridized carbons (Fsp3) is 0.583. The molecule has 0 bridgehead atoms. The van der Waals surface area contributed by atoms with E-state index in [9.17, 15) is 4.79 Å². The molecule has 2 amide bonds. The van der Waals surface area contributed by atoms with Crippen LogP contribution in [-0.4, -0.2) is 50.6 Å². The fourth-order valence-corrected chi connectivity index (χ4v) is 6.38. The van der Waals surface area contributed by atoms with Gasteiger partial charge in [0.15, 0.2) is 0 Å². The van der Waals surface area contributed by atoms with Gasteiger partial charge in [-0.1, -0.05) is 13.8 Å². The molecule has 2 heterocycles. The van der Waals surface area contributed by atoms with Crippen LogP contribution in [0.15, 0.2) is 21.2 Å². The Labute approximate surface area is 200 Å². The summed E-state index contributed by atoms with van der Waals surface area (Å²) in [6.45, 7) is 10.3. The van der Waals surface area contributed by atoms with Crippen LogP contribution < -0.4 is 10.6 Å². The molecule has 0 spiro atoms. The first-order chi connectivity index (χ1) is 15.0. The summed E-state index contributed by atoms with van der Waals surface area (Å²) in [5.74, 6) is 1.90. The molecule has 2 aliphatic rings. The molecule has 0 radical (unpaired) electrons. The monoisotopic (exact) mass is 503 g/mol. The number of carbonyl (C=O) groups is 1. The Morgan fingerprint density at radius 2 is 2.03 bits per heavy atom. The number of rotatable bonds is 8. The molecule has 7 heteroatoms. The van der Waals surface area contributed by atoms with E-state index in [0.717, 1.165) is 66.8 Å². The topological polar surface area (TPSA) is 44.4 Å². The van der Waals surface area contributed by atoms with E-state index < -0.39 is 0 Å². The fourth-order valence-electron chi connectivity index (χ4n) is 4.71. The number of hydrogen-bond acceptors (Lipinski definition) is 3. The first kappa shape index (κ1) is 24.5. The van der Waals surface area contributed by atoms with E-state index in [1.54, 1.807) is 11.3 Å². The third-order valence-corrected chi connectivity index (χ3v) is 8.07. The molecule has 4 nitrogen and oxygen atoms in total. The Hall–Kier alpha value is -1.18. The molecule has 3 rings (SSSR count). The van der Waals surface area contributed by atoms with Crippen LogP contribution in [0.3, 0.4) is 0 Å². The van der Waals surface area contributed by atoms with Crippen LogP contribution in [0.2, 0.25) is 0 Å². The molecule has 1 aliphatic heterocycles. The van der Waals surface area contributed by atoms with Crippen LogP contribution in [0.1, 0.15) is 68.9 Å². The van der Waals surface area contributed by atoms with E-state index in [0.29, 0.717) is 6.54 Å². The number of anilines is 1. The summed E-state index contributed by atoms with van der Waals surface area (Å²) in [6, 6.07) is -0.142. The van der Waals surface area contributed by atoms with Gasteiger partial charge in [-0.15, -0.1) is 0 Å². The quantitative estimate of drug-likeness (QED) is 0.473. The van der Waals surface area contributed by atoms with Crippen molar-refractivity contribution in [1.29, 1.82) is 0 Å². The van der Waals surface area contributed by atoms with Crippen LogP contribution in [0, 0.1) is 0 Å². The number of allylic oxidation sites excluding steroid dienone is 1. The van der Waals surface area contributed by atoms with Gasteiger partial charge in [0.25, 0.3) is 0 Å². The molecule has 31 heavy (non-hydrogen) atoms. The Balaban J connectivity index is 1.71. The molecule has 2 N–H and O–H groups in total. The summed E-state index contributed by atoms with van der Waals surface area (Å²) >= 11 is 5.43. The van der Waals surface area contributed by atoms with E-state index in [1.165, 1.54) is 40.0 Å². The number of nitrogens with zero attached hydrogens (tertiary/aromatic N) is 1. The zero-order valence-corrected chi connectivity index (χ0v) is 21.6. The standard InChI is InChI=1S/C24H35BBrN3OS/c1-4-8-17-15-29(5-2)12-11-18(17)21(16(3)26)14-27-24(30)28-23-20(13-25)19-9-6-7-10-22(19)31-23/h13,25H,4-12,14-15H2,1-3H3,(H2,27,28,30)/b21-16+. The van der Waals surface area contributed by atoms with Crippen molar-refractivity contribution in [2.75, 3.05) is 31.5 Å². The van der Waals surface area contributed by atoms with Crippen LogP contribution in [0.4, 0.5) is 9.80 Å². The van der Waals surface area contributed by atoms with Crippen LogP contribution in [0.25, 0.3) is 0 Å². The number of amides is 2. The second-order valence-electron chi connectivity index (χ2n) is 8.43. The summed E-state index contributed by atoms with van der Waals surface area (Å²) in [5.41, 5.74) is 6.67. The zero-order valence-electron chi connectivity index (χ0n) is 19.2. The average molecular weight is 504 g/mol. The first-order valence-electron chi connectivity index (χ1n) is 11.6. The number of thiophene rings is 1. The van der Waals surface area contributed by atoms with Gasteiger partial charge in [-0.05, 0) is 6.54 Å². The first-order valence-corrected chi connectivity index (χ1v) is 13.2. The van der Waals surface area contributed by atoms with Crippen LogP contribution in [0.5, 0.6) is 0 Å². The number of fused-ring (bicyclic) bond motifs is 1. The summed E-state index contributed by atoms with van der Waals surface area (Å²) in [7, 11) is 3.99. The molecule has 168 valence electrons. The van der Waals surface area contributed by atoms with Gasteiger partial charge in [-0.25, -0.2) is 0 Å². The second kappa shape index (κ2) is 11.6. The van der Waals surface area contributed by atoms with Gasteiger partial charge in [-0.2, -0.15) is 0 Å². The van der Waals surface area contributed by atoms with Crippen molar-refractivity contribution in [3.05, 3.63) is 37.2 Å². The van der Waals surface area contributed by atoms with Crippen molar-refractivity contribution in [2.45, 2.75) is 65.7 Å². The normalized spacial score (nSPS) is 17.8. The van der Waals surface area contributed by atoms with E-state index in [-0.39, 0.29) is 6.03 Å². The number of halogens is 1. The molecule has 0 aromatic carbocycles. The zero-order chi connectivity index (χ0) is 22.4. The minimum absolute atomic E-state index is 0.142. The molecular formula is C24H35BBrN3OS. The van der Waals surface area contributed by atoms with Gasteiger partial charge >= 0.3 is 181 Å². The predicted octanol–water partition coefficient (Wildman–Crippen LogP) is 5.29. The molecule has 0 unspecified atom stereocenters. The number of carbonyl (C=O) groups excluding carboxylic acids is 1. The third kappa shape index (κ3) is 5.99. The Morgan fingerprint density at radius 3 is 2.71 bits per heavy atom. The van der Waals surface area contributed by atoms with Gasteiger partial charge in [0.1, 0.15) is 0 Å².